The van der Waals surface area contributed by atoms with Crippen LogP contribution in [0.15, 0.2) is 0 Å². The summed E-state index contributed by atoms with van der Waals surface area (Å²) in [7, 11) is 0. The van der Waals surface area contributed by atoms with E-state index in [0.29, 0.717) is 16.9 Å². The van der Waals surface area contributed by atoms with Gasteiger partial charge in [0, 0.05) is 19.8 Å². The highest BCUT2D eigenvalue weighted by atomic mass is 35.5. The minimum atomic E-state index is 0.474. The summed E-state index contributed by atoms with van der Waals surface area (Å²) in [5.41, 5.74) is 0. The molecule has 0 saturated carbocycles. The first-order chi connectivity index (χ1) is 6.86. The molecule has 0 radical (unpaired) electrons. The Morgan fingerprint density at radius 3 is 2.86 bits per heavy atom. The first-order valence-electron chi connectivity index (χ1n) is 4.66. The van der Waals surface area contributed by atoms with Crippen LogP contribution >= 0.6 is 23.3 Å². The van der Waals surface area contributed by atoms with Crippen LogP contribution in [-0.4, -0.2) is 28.5 Å². The van der Waals surface area contributed by atoms with Gasteiger partial charge in [-0.1, -0.05) is 11.6 Å². The summed E-state index contributed by atoms with van der Waals surface area (Å²) in [6, 6.07) is 0. The molecule has 0 aromatic carbocycles. The highest BCUT2D eigenvalue weighted by Crippen LogP contribution is 2.20. The van der Waals surface area contributed by atoms with Crippen molar-refractivity contribution >= 4 is 29.1 Å². The van der Waals surface area contributed by atoms with Crippen molar-refractivity contribution in [2.75, 3.05) is 25.1 Å². The Kier molecular flexibility index (Phi) is 3.55. The largest absolute Gasteiger partial charge is 0.381 e. The van der Waals surface area contributed by atoms with Crippen molar-refractivity contribution in [3.05, 3.63) is 5.15 Å². The number of ether oxygens (including phenoxy) is 1. The van der Waals surface area contributed by atoms with E-state index < -0.39 is 0 Å². The zero-order valence-corrected chi connectivity index (χ0v) is 9.27. The Morgan fingerprint density at radius 1 is 1.43 bits per heavy atom. The first-order valence-corrected chi connectivity index (χ1v) is 5.77. The van der Waals surface area contributed by atoms with E-state index >= 15 is 0 Å². The number of hydrogen-bond acceptors (Lipinski definition) is 5. The van der Waals surface area contributed by atoms with Gasteiger partial charge in [-0.15, -0.1) is 0 Å². The molecule has 14 heavy (non-hydrogen) atoms. The molecule has 0 atom stereocenters. The van der Waals surface area contributed by atoms with Crippen molar-refractivity contribution in [3.8, 4) is 0 Å². The number of nitrogens with one attached hydrogen (secondary N) is 1. The summed E-state index contributed by atoms with van der Waals surface area (Å²) in [5, 5.41) is 3.69. The Bertz CT molecular complexity index is 288. The van der Waals surface area contributed by atoms with Gasteiger partial charge >= 0.3 is 0 Å². The molecule has 4 nitrogen and oxygen atoms in total. The average Bonchev–Trinajstić information content (AvgIpc) is 2.63. The van der Waals surface area contributed by atoms with Crippen LogP contribution in [0, 0.1) is 5.92 Å². The fourth-order valence-electron chi connectivity index (χ4n) is 1.47. The maximum atomic E-state index is 5.81. The van der Waals surface area contributed by atoms with Crippen LogP contribution in [0.25, 0.3) is 0 Å². The quantitative estimate of drug-likeness (QED) is 0.868. The van der Waals surface area contributed by atoms with Crippen LogP contribution in [0.4, 0.5) is 5.82 Å². The molecule has 1 N–H and O–H groups in total. The molecule has 1 fully saturated rings. The molecule has 0 bridgehead atoms. The summed E-state index contributed by atoms with van der Waals surface area (Å²) in [4.78, 5) is 0. The number of aromatic nitrogens is 2. The number of rotatable bonds is 3. The van der Waals surface area contributed by atoms with Gasteiger partial charge in [0.15, 0.2) is 11.0 Å². The van der Waals surface area contributed by atoms with Crippen molar-refractivity contribution in [3.63, 3.8) is 0 Å². The Hall–Kier alpha value is -0.390. The summed E-state index contributed by atoms with van der Waals surface area (Å²) < 4.78 is 13.2. The van der Waals surface area contributed by atoms with E-state index in [1.807, 2.05) is 0 Å². The van der Waals surface area contributed by atoms with Gasteiger partial charge in [-0.05, 0) is 18.8 Å². The molecule has 2 rings (SSSR count). The van der Waals surface area contributed by atoms with Crippen molar-refractivity contribution < 1.29 is 4.74 Å². The lowest BCUT2D eigenvalue weighted by molar-refractivity contribution is 0.0699. The van der Waals surface area contributed by atoms with Crippen LogP contribution in [0.1, 0.15) is 12.8 Å². The third-order valence-corrected chi connectivity index (χ3v) is 3.24. The van der Waals surface area contributed by atoms with Crippen LogP contribution in [0.5, 0.6) is 0 Å². The molecule has 0 amide bonds. The van der Waals surface area contributed by atoms with Gasteiger partial charge in [0.05, 0.1) is 11.7 Å². The molecule has 0 unspecified atom stereocenters. The van der Waals surface area contributed by atoms with Gasteiger partial charge in [-0.2, -0.15) is 8.75 Å². The zero-order valence-electron chi connectivity index (χ0n) is 7.70. The molecule has 1 aliphatic rings. The molecular weight excluding hydrogens is 222 g/mol. The smallest absolute Gasteiger partial charge is 0.186 e. The van der Waals surface area contributed by atoms with E-state index in [1.54, 1.807) is 0 Å². The van der Waals surface area contributed by atoms with E-state index in [1.165, 1.54) is 0 Å². The standard InChI is InChI=1S/C8H12ClN3OS/c9-7-8(12-14-11-7)10-5-6-1-3-13-4-2-6/h6H,1-5H2,(H,10,12). The molecule has 6 heteroatoms. The average molecular weight is 234 g/mol. The van der Waals surface area contributed by atoms with Gasteiger partial charge in [0.2, 0.25) is 0 Å². The van der Waals surface area contributed by atoms with Crippen molar-refractivity contribution in [2.45, 2.75) is 12.8 Å². The predicted molar refractivity (Wildman–Crippen MR) is 57.0 cm³/mol. The lowest BCUT2D eigenvalue weighted by Crippen LogP contribution is -2.22. The fourth-order valence-corrected chi connectivity index (χ4v) is 2.16. The summed E-state index contributed by atoms with van der Waals surface area (Å²) in [6.07, 6.45) is 2.23. The number of hydrogen-bond donors (Lipinski definition) is 1. The highest BCUT2D eigenvalue weighted by Gasteiger charge is 2.14. The Labute approximate surface area is 91.9 Å². The summed E-state index contributed by atoms with van der Waals surface area (Å²) in [6.45, 7) is 2.65. The van der Waals surface area contributed by atoms with Gasteiger partial charge < -0.3 is 10.1 Å². The van der Waals surface area contributed by atoms with E-state index in [2.05, 4.69) is 14.1 Å². The maximum absolute atomic E-state index is 5.81. The van der Waals surface area contributed by atoms with Crippen LogP contribution in [-0.2, 0) is 4.74 Å². The Morgan fingerprint density at radius 2 is 2.21 bits per heavy atom. The minimum Gasteiger partial charge on any atom is -0.381 e. The number of nitrogens with zero attached hydrogens (tertiary/aromatic N) is 2. The van der Waals surface area contributed by atoms with E-state index in [9.17, 15) is 0 Å². The number of halogens is 1. The maximum Gasteiger partial charge on any atom is 0.186 e. The second kappa shape index (κ2) is 4.91. The van der Waals surface area contributed by atoms with Gasteiger partial charge in [-0.25, -0.2) is 0 Å². The lowest BCUT2D eigenvalue weighted by Gasteiger charge is -2.21. The van der Waals surface area contributed by atoms with E-state index in [-0.39, 0.29) is 0 Å². The highest BCUT2D eigenvalue weighted by molar-refractivity contribution is 6.99. The molecular formula is C8H12ClN3OS. The zero-order chi connectivity index (χ0) is 9.80. The minimum absolute atomic E-state index is 0.474. The predicted octanol–water partition coefficient (Wildman–Crippen LogP) is 2.03. The summed E-state index contributed by atoms with van der Waals surface area (Å²) >= 11 is 6.94. The van der Waals surface area contributed by atoms with Gasteiger partial charge in [0.1, 0.15) is 0 Å². The lowest BCUT2D eigenvalue weighted by atomic mass is 10.0. The molecule has 2 heterocycles. The monoisotopic (exact) mass is 233 g/mol. The van der Waals surface area contributed by atoms with Gasteiger partial charge in [-0.3, -0.25) is 0 Å². The molecule has 1 aromatic rings. The van der Waals surface area contributed by atoms with Gasteiger partial charge in [0.25, 0.3) is 0 Å². The molecule has 0 aliphatic carbocycles. The molecule has 1 saturated heterocycles. The van der Waals surface area contributed by atoms with Crippen LogP contribution in [0.3, 0.4) is 0 Å². The number of anilines is 1. The summed E-state index contributed by atoms with van der Waals surface area (Å²) in [5.74, 6) is 1.38. The molecule has 78 valence electrons. The van der Waals surface area contributed by atoms with Crippen molar-refractivity contribution in [1.29, 1.82) is 0 Å². The Balaban J connectivity index is 1.79. The normalized spacial score (nSPS) is 18.4. The van der Waals surface area contributed by atoms with Crippen molar-refractivity contribution in [1.82, 2.24) is 8.75 Å². The third kappa shape index (κ3) is 2.56. The fraction of sp³-hybridized carbons (Fsp3) is 0.750. The second-order valence-electron chi connectivity index (χ2n) is 3.34. The molecule has 1 aromatic heterocycles. The van der Waals surface area contributed by atoms with Crippen molar-refractivity contribution in [2.24, 2.45) is 5.92 Å². The third-order valence-electron chi connectivity index (χ3n) is 2.35. The van der Waals surface area contributed by atoms with E-state index in [0.717, 1.165) is 44.3 Å². The van der Waals surface area contributed by atoms with Crippen LogP contribution < -0.4 is 5.32 Å². The molecule has 0 spiro atoms. The topological polar surface area (TPSA) is 47.0 Å². The SMILES string of the molecule is Clc1nsnc1NCC1CCOCC1. The molecule has 1 aliphatic heterocycles. The van der Waals surface area contributed by atoms with Crippen LogP contribution in [0.2, 0.25) is 5.15 Å². The first kappa shape index (κ1) is 10.1. The van der Waals surface area contributed by atoms with E-state index in [4.69, 9.17) is 16.3 Å². The second-order valence-corrected chi connectivity index (χ2v) is 4.23.